The van der Waals surface area contributed by atoms with Crippen molar-refractivity contribution in [2.75, 3.05) is 0 Å². The second-order valence-corrected chi connectivity index (χ2v) is 4.46. The molecule has 2 rings (SSSR count). The summed E-state index contributed by atoms with van der Waals surface area (Å²) in [5.41, 5.74) is 1.08. The molecule has 0 atom stereocenters. The van der Waals surface area contributed by atoms with Crippen LogP contribution < -0.4 is 0 Å². The first-order valence-corrected chi connectivity index (χ1v) is 6.24. The zero-order chi connectivity index (χ0) is 12.3. The van der Waals surface area contributed by atoms with Crippen LogP contribution in [0.15, 0.2) is 12.3 Å². The molecule has 0 aliphatic rings. The number of aromatic nitrogens is 5. The summed E-state index contributed by atoms with van der Waals surface area (Å²) >= 11 is 5.23. The highest BCUT2D eigenvalue weighted by atomic mass is 32.1. The van der Waals surface area contributed by atoms with E-state index >= 15 is 0 Å². The van der Waals surface area contributed by atoms with E-state index < -0.39 is 0 Å². The fraction of sp³-hybridized carbons (Fsp3) is 0.545. The van der Waals surface area contributed by atoms with Crippen LogP contribution in [-0.4, -0.2) is 24.5 Å². The number of nitrogens with one attached hydrogen (secondary N) is 1. The summed E-state index contributed by atoms with van der Waals surface area (Å²) in [4.78, 5) is 0. The molecule has 2 aromatic rings. The Kier molecular flexibility index (Phi) is 3.73. The van der Waals surface area contributed by atoms with Gasteiger partial charge in [-0.25, -0.2) is 0 Å². The lowest BCUT2D eigenvalue weighted by molar-refractivity contribution is 0.621. The van der Waals surface area contributed by atoms with Crippen LogP contribution in [0, 0.1) is 4.77 Å². The van der Waals surface area contributed by atoms with Gasteiger partial charge in [-0.2, -0.15) is 10.2 Å². The standard InChI is InChI=1S/C11H17N5S/c1-3-4-10-12-13-11(17)16(10)8-6-9-5-7-15(2)14-9/h5,7H,3-4,6,8H2,1-2H3,(H,13,17). The van der Waals surface area contributed by atoms with E-state index in [4.69, 9.17) is 12.2 Å². The van der Waals surface area contributed by atoms with Gasteiger partial charge in [0, 0.05) is 32.6 Å². The fourth-order valence-corrected chi connectivity index (χ4v) is 2.06. The third-order valence-corrected chi connectivity index (χ3v) is 2.98. The third kappa shape index (κ3) is 2.82. The first-order valence-electron chi connectivity index (χ1n) is 5.83. The largest absolute Gasteiger partial charge is 0.304 e. The van der Waals surface area contributed by atoms with E-state index in [2.05, 4.69) is 26.8 Å². The molecule has 0 saturated carbocycles. The lowest BCUT2D eigenvalue weighted by atomic mass is 10.3. The minimum Gasteiger partial charge on any atom is -0.304 e. The molecule has 0 spiro atoms. The van der Waals surface area contributed by atoms with Crippen LogP contribution in [0.3, 0.4) is 0 Å². The summed E-state index contributed by atoms with van der Waals surface area (Å²) in [6.45, 7) is 2.97. The van der Waals surface area contributed by atoms with Gasteiger partial charge < -0.3 is 4.57 Å². The van der Waals surface area contributed by atoms with E-state index in [1.165, 1.54) is 0 Å². The number of hydrogen-bond acceptors (Lipinski definition) is 3. The van der Waals surface area contributed by atoms with Crippen molar-refractivity contribution in [2.24, 2.45) is 7.05 Å². The predicted octanol–water partition coefficient (Wildman–Crippen LogP) is 1.87. The predicted molar refractivity (Wildman–Crippen MR) is 68.3 cm³/mol. The monoisotopic (exact) mass is 251 g/mol. The van der Waals surface area contributed by atoms with E-state index in [1.54, 1.807) is 0 Å². The molecule has 2 heterocycles. The van der Waals surface area contributed by atoms with E-state index in [1.807, 2.05) is 24.0 Å². The second kappa shape index (κ2) is 5.27. The first-order chi connectivity index (χ1) is 8.20. The molecule has 17 heavy (non-hydrogen) atoms. The summed E-state index contributed by atoms with van der Waals surface area (Å²) in [5.74, 6) is 1.04. The normalized spacial score (nSPS) is 10.9. The van der Waals surface area contributed by atoms with Crippen molar-refractivity contribution in [1.29, 1.82) is 0 Å². The molecule has 0 fully saturated rings. The Hall–Kier alpha value is -1.43. The Balaban J connectivity index is 2.08. The zero-order valence-electron chi connectivity index (χ0n) is 10.2. The minimum atomic E-state index is 0.699. The van der Waals surface area contributed by atoms with Crippen molar-refractivity contribution in [3.63, 3.8) is 0 Å². The molecule has 0 aliphatic heterocycles. The first kappa shape index (κ1) is 12.0. The van der Waals surface area contributed by atoms with E-state index in [-0.39, 0.29) is 0 Å². The van der Waals surface area contributed by atoms with E-state index in [0.717, 1.165) is 37.3 Å². The van der Waals surface area contributed by atoms with Crippen LogP contribution >= 0.6 is 12.2 Å². The average Bonchev–Trinajstić information content (AvgIpc) is 2.85. The summed E-state index contributed by atoms with van der Waals surface area (Å²) in [6.07, 6.45) is 4.86. The Morgan fingerprint density at radius 1 is 1.41 bits per heavy atom. The van der Waals surface area contributed by atoms with Crippen molar-refractivity contribution < 1.29 is 0 Å². The lowest BCUT2D eigenvalue weighted by Gasteiger charge is -2.04. The van der Waals surface area contributed by atoms with Gasteiger partial charge in [-0.1, -0.05) is 6.92 Å². The van der Waals surface area contributed by atoms with Gasteiger partial charge in [0.25, 0.3) is 0 Å². The van der Waals surface area contributed by atoms with Gasteiger partial charge in [0.1, 0.15) is 5.82 Å². The molecule has 0 amide bonds. The Labute approximate surface area is 105 Å². The highest BCUT2D eigenvalue weighted by Crippen LogP contribution is 2.04. The maximum atomic E-state index is 5.23. The fourth-order valence-electron chi connectivity index (χ4n) is 1.82. The quantitative estimate of drug-likeness (QED) is 0.825. The molecule has 92 valence electrons. The summed E-state index contributed by atoms with van der Waals surface area (Å²) in [6, 6.07) is 2.03. The molecular formula is C11H17N5S. The maximum Gasteiger partial charge on any atom is 0.195 e. The molecule has 0 saturated heterocycles. The lowest BCUT2D eigenvalue weighted by Crippen LogP contribution is -2.07. The van der Waals surface area contributed by atoms with Gasteiger partial charge in [0.2, 0.25) is 0 Å². The molecule has 6 heteroatoms. The smallest absolute Gasteiger partial charge is 0.195 e. The summed E-state index contributed by atoms with van der Waals surface area (Å²) in [5, 5.41) is 11.5. The van der Waals surface area contributed by atoms with Crippen LogP contribution in [0.25, 0.3) is 0 Å². The van der Waals surface area contributed by atoms with Crippen molar-refractivity contribution in [2.45, 2.75) is 32.7 Å². The van der Waals surface area contributed by atoms with Gasteiger partial charge in [-0.3, -0.25) is 9.78 Å². The summed E-state index contributed by atoms with van der Waals surface area (Å²) < 4.78 is 4.58. The number of nitrogens with zero attached hydrogens (tertiary/aromatic N) is 4. The molecule has 0 aromatic carbocycles. The highest BCUT2D eigenvalue weighted by Gasteiger charge is 2.06. The summed E-state index contributed by atoms with van der Waals surface area (Å²) in [7, 11) is 1.93. The van der Waals surface area contributed by atoms with E-state index in [0.29, 0.717) is 4.77 Å². The Morgan fingerprint density at radius 3 is 2.88 bits per heavy atom. The van der Waals surface area contributed by atoms with Gasteiger partial charge in [0.05, 0.1) is 5.69 Å². The number of aryl methyl sites for hydroxylation is 3. The van der Waals surface area contributed by atoms with Crippen LogP contribution in [0.4, 0.5) is 0 Å². The number of aromatic amines is 1. The van der Waals surface area contributed by atoms with Gasteiger partial charge in [0.15, 0.2) is 4.77 Å². The molecule has 1 N–H and O–H groups in total. The Bertz CT molecular complexity index is 536. The van der Waals surface area contributed by atoms with Crippen molar-refractivity contribution in [3.05, 3.63) is 28.6 Å². The number of hydrogen-bond donors (Lipinski definition) is 1. The van der Waals surface area contributed by atoms with E-state index in [9.17, 15) is 0 Å². The highest BCUT2D eigenvalue weighted by molar-refractivity contribution is 7.71. The maximum absolute atomic E-state index is 5.23. The van der Waals surface area contributed by atoms with Crippen molar-refractivity contribution in [3.8, 4) is 0 Å². The van der Waals surface area contributed by atoms with Crippen LogP contribution in [-0.2, 0) is 26.4 Å². The average molecular weight is 251 g/mol. The van der Waals surface area contributed by atoms with Crippen molar-refractivity contribution in [1.82, 2.24) is 24.5 Å². The number of H-pyrrole nitrogens is 1. The molecule has 0 aliphatic carbocycles. The van der Waals surface area contributed by atoms with Crippen molar-refractivity contribution >= 4 is 12.2 Å². The molecular weight excluding hydrogens is 234 g/mol. The molecule has 2 aromatic heterocycles. The molecule has 0 radical (unpaired) electrons. The Morgan fingerprint density at radius 2 is 2.24 bits per heavy atom. The molecule has 0 unspecified atom stereocenters. The zero-order valence-corrected chi connectivity index (χ0v) is 11.0. The van der Waals surface area contributed by atoms with Gasteiger partial charge >= 0.3 is 0 Å². The topological polar surface area (TPSA) is 51.4 Å². The van der Waals surface area contributed by atoms with Crippen LogP contribution in [0.1, 0.15) is 24.9 Å². The van der Waals surface area contributed by atoms with Crippen LogP contribution in [0.5, 0.6) is 0 Å². The minimum absolute atomic E-state index is 0.699. The second-order valence-electron chi connectivity index (χ2n) is 4.08. The van der Waals surface area contributed by atoms with Gasteiger partial charge in [-0.05, 0) is 24.7 Å². The van der Waals surface area contributed by atoms with Gasteiger partial charge in [-0.15, -0.1) is 0 Å². The molecule has 0 bridgehead atoms. The molecule has 5 nitrogen and oxygen atoms in total. The van der Waals surface area contributed by atoms with Crippen LogP contribution in [0.2, 0.25) is 0 Å². The number of rotatable bonds is 5. The SMILES string of the molecule is CCCc1n[nH]c(=S)n1CCc1ccn(C)n1. The third-order valence-electron chi connectivity index (χ3n) is 2.67.